The fraction of sp³-hybridized carbons (Fsp3) is 0.940. The predicted molar refractivity (Wildman–Crippen MR) is 253 cm³/mol. The number of carbonyl (C=O) groups is 1. The van der Waals surface area contributed by atoms with E-state index in [9.17, 15) is 33.1 Å². The SMILES string of the molecule is CCCCCCCCCC/C=C\CCCCCCCCCCCC(=O)OC(COCCCCCCCCCCCCCCCCC)COC1OC(CO)C(O)C(OS(=O)(=O)O)C1O. The molecule has 1 saturated heterocycles. The Balaban J connectivity index is 2.34. The molecule has 6 unspecified atom stereocenters. The Labute approximate surface area is 385 Å². The summed E-state index contributed by atoms with van der Waals surface area (Å²) in [6.07, 6.45) is 38.1. The minimum Gasteiger partial charge on any atom is -0.457 e. The molecule has 1 fully saturated rings. The Hall–Kier alpha value is -1.16. The third-order valence-corrected chi connectivity index (χ3v) is 12.6. The molecule has 4 N–H and O–H groups in total. The van der Waals surface area contributed by atoms with E-state index in [-0.39, 0.29) is 19.6 Å². The zero-order valence-electron chi connectivity index (χ0n) is 40.2. The Morgan fingerprint density at radius 3 is 1.43 bits per heavy atom. The number of carbonyl (C=O) groups excluding carboxylic acids is 1. The first-order valence-electron chi connectivity index (χ1n) is 25.9. The minimum absolute atomic E-state index is 0.0414. The molecule has 0 aromatic rings. The van der Waals surface area contributed by atoms with Gasteiger partial charge < -0.3 is 34.3 Å². The molecule has 0 amide bonds. The lowest BCUT2D eigenvalue weighted by Crippen LogP contribution is -2.60. The number of hydrogen-bond donors (Lipinski definition) is 4. The lowest BCUT2D eigenvalue weighted by Gasteiger charge is -2.41. The van der Waals surface area contributed by atoms with Crippen LogP contribution in [-0.2, 0) is 38.3 Å². The zero-order valence-corrected chi connectivity index (χ0v) is 41.0. The van der Waals surface area contributed by atoms with Crippen molar-refractivity contribution in [3.63, 3.8) is 0 Å². The normalized spacial score (nSPS) is 19.9. The Kier molecular flexibility index (Phi) is 40.1. The van der Waals surface area contributed by atoms with Gasteiger partial charge in [0, 0.05) is 13.0 Å². The molecule has 12 nitrogen and oxygen atoms in total. The summed E-state index contributed by atoms with van der Waals surface area (Å²) in [6.45, 7) is 4.04. The number of esters is 1. The van der Waals surface area contributed by atoms with Crippen LogP contribution in [-0.4, -0.2) is 97.5 Å². The highest BCUT2D eigenvalue weighted by Gasteiger charge is 2.48. The van der Waals surface area contributed by atoms with E-state index in [2.05, 4.69) is 30.2 Å². The third kappa shape index (κ3) is 35.7. The molecule has 13 heteroatoms. The second kappa shape index (κ2) is 42.2. The highest BCUT2D eigenvalue weighted by molar-refractivity contribution is 7.80. The number of rotatable bonds is 46. The van der Waals surface area contributed by atoms with Crippen LogP contribution in [0, 0.1) is 0 Å². The van der Waals surface area contributed by atoms with E-state index < -0.39 is 59.8 Å². The van der Waals surface area contributed by atoms with Crippen molar-refractivity contribution < 1.29 is 56.2 Å². The first-order valence-corrected chi connectivity index (χ1v) is 27.3. The van der Waals surface area contributed by atoms with E-state index in [4.69, 9.17) is 18.9 Å². The number of ether oxygens (including phenoxy) is 4. The maximum absolute atomic E-state index is 12.9. The van der Waals surface area contributed by atoms with Crippen molar-refractivity contribution in [1.29, 1.82) is 0 Å². The molecule has 1 heterocycles. The highest BCUT2D eigenvalue weighted by atomic mass is 32.3. The van der Waals surface area contributed by atoms with Crippen LogP contribution in [0.5, 0.6) is 0 Å². The van der Waals surface area contributed by atoms with Crippen molar-refractivity contribution >= 4 is 16.4 Å². The van der Waals surface area contributed by atoms with Crippen LogP contribution in [0.4, 0.5) is 0 Å². The van der Waals surface area contributed by atoms with Gasteiger partial charge in [-0.3, -0.25) is 9.35 Å². The average Bonchev–Trinajstić information content (AvgIpc) is 3.26. The summed E-state index contributed by atoms with van der Waals surface area (Å²) in [4.78, 5) is 12.9. The van der Waals surface area contributed by atoms with Crippen molar-refractivity contribution in [2.45, 2.75) is 275 Å². The maximum atomic E-state index is 12.9. The van der Waals surface area contributed by atoms with Gasteiger partial charge in [-0.05, 0) is 38.5 Å². The lowest BCUT2D eigenvalue weighted by molar-refractivity contribution is -0.301. The van der Waals surface area contributed by atoms with Crippen molar-refractivity contribution in [2.24, 2.45) is 0 Å². The van der Waals surface area contributed by atoms with E-state index >= 15 is 0 Å². The minimum atomic E-state index is -5.06. The molecular weight excluding hydrogens is 825 g/mol. The zero-order chi connectivity index (χ0) is 46.1. The fourth-order valence-electron chi connectivity index (χ4n) is 8.20. The molecule has 0 aliphatic carbocycles. The van der Waals surface area contributed by atoms with E-state index in [0.717, 1.165) is 38.5 Å². The quantitative estimate of drug-likeness (QED) is 0.0197. The monoisotopic (exact) mass is 921 g/mol. The Bertz CT molecular complexity index is 1150. The van der Waals surface area contributed by atoms with Crippen LogP contribution in [0.15, 0.2) is 12.2 Å². The van der Waals surface area contributed by atoms with Crippen LogP contribution >= 0.6 is 0 Å². The molecule has 0 saturated carbocycles. The van der Waals surface area contributed by atoms with Crippen molar-refractivity contribution in [2.75, 3.05) is 26.4 Å². The van der Waals surface area contributed by atoms with E-state index in [1.165, 1.54) is 173 Å². The summed E-state index contributed by atoms with van der Waals surface area (Å²) in [7, 11) is -5.06. The van der Waals surface area contributed by atoms with Gasteiger partial charge in [0.2, 0.25) is 0 Å². The van der Waals surface area contributed by atoms with Crippen molar-refractivity contribution in [1.82, 2.24) is 0 Å². The van der Waals surface area contributed by atoms with Gasteiger partial charge >= 0.3 is 16.4 Å². The molecule has 0 radical (unpaired) electrons. The first kappa shape index (κ1) is 59.9. The number of hydrogen-bond acceptors (Lipinski definition) is 11. The van der Waals surface area contributed by atoms with Gasteiger partial charge in [0.15, 0.2) is 6.29 Å². The second-order valence-corrected chi connectivity index (χ2v) is 19.2. The predicted octanol–water partition coefficient (Wildman–Crippen LogP) is 11.8. The van der Waals surface area contributed by atoms with Gasteiger partial charge in [0.05, 0.1) is 19.8 Å². The smallest absolute Gasteiger partial charge is 0.397 e. The average molecular weight is 921 g/mol. The first-order chi connectivity index (χ1) is 30.6. The van der Waals surface area contributed by atoms with E-state index in [0.29, 0.717) is 13.0 Å². The molecule has 63 heavy (non-hydrogen) atoms. The second-order valence-electron chi connectivity index (χ2n) is 18.1. The molecule has 6 atom stereocenters. The van der Waals surface area contributed by atoms with Crippen molar-refractivity contribution in [3.8, 4) is 0 Å². The van der Waals surface area contributed by atoms with Crippen LogP contribution in [0.2, 0.25) is 0 Å². The van der Waals surface area contributed by atoms with Gasteiger partial charge in [-0.15, -0.1) is 0 Å². The van der Waals surface area contributed by atoms with Gasteiger partial charge in [-0.1, -0.05) is 206 Å². The summed E-state index contributed by atoms with van der Waals surface area (Å²) in [6, 6.07) is 0. The third-order valence-electron chi connectivity index (χ3n) is 12.1. The topological polar surface area (TPSA) is 178 Å². The molecular formula is C50H96O12S. The maximum Gasteiger partial charge on any atom is 0.397 e. The van der Waals surface area contributed by atoms with Gasteiger partial charge in [-0.2, -0.15) is 8.42 Å². The molecule has 0 bridgehead atoms. The number of allylic oxidation sites excluding steroid dienone is 2. The van der Waals surface area contributed by atoms with Crippen LogP contribution < -0.4 is 0 Å². The number of aliphatic hydroxyl groups is 3. The van der Waals surface area contributed by atoms with Gasteiger partial charge in [-0.25, -0.2) is 4.18 Å². The van der Waals surface area contributed by atoms with Crippen LogP contribution in [0.25, 0.3) is 0 Å². The largest absolute Gasteiger partial charge is 0.457 e. The van der Waals surface area contributed by atoms with Gasteiger partial charge in [0.1, 0.15) is 30.5 Å². The standard InChI is InChI=1S/C50H96O12S/c1-3-5-7-9-11-13-15-17-19-20-21-22-23-24-25-27-29-31-33-35-37-39-46(52)60-44(43-59-50-48(54)49(62-63(55,56)57)47(53)45(41-51)61-50)42-58-40-38-36-34-32-30-28-26-18-16-14-12-10-8-6-4-2/h20-21,44-45,47-51,53-54H,3-19,22-43H2,1-2H3,(H,55,56,57)/b21-20-. The summed E-state index contributed by atoms with van der Waals surface area (Å²) in [5, 5.41) is 30.7. The van der Waals surface area contributed by atoms with E-state index in [1.54, 1.807) is 0 Å². The molecule has 374 valence electrons. The molecule has 1 rings (SSSR count). The fourth-order valence-corrected chi connectivity index (χ4v) is 8.71. The van der Waals surface area contributed by atoms with Gasteiger partial charge in [0.25, 0.3) is 0 Å². The molecule has 0 spiro atoms. The summed E-state index contributed by atoms with van der Waals surface area (Å²) < 4.78 is 59.2. The van der Waals surface area contributed by atoms with Crippen LogP contribution in [0.1, 0.15) is 239 Å². The number of aliphatic hydroxyl groups excluding tert-OH is 3. The summed E-state index contributed by atoms with van der Waals surface area (Å²) >= 11 is 0. The number of unbranched alkanes of at least 4 members (excludes halogenated alkanes) is 31. The van der Waals surface area contributed by atoms with Crippen LogP contribution in [0.3, 0.4) is 0 Å². The lowest BCUT2D eigenvalue weighted by atomic mass is 9.99. The summed E-state index contributed by atoms with van der Waals surface area (Å²) in [5.74, 6) is -0.396. The molecule has 1 aliphatic rings. The summed E-state index contributed by atoms with van der Waals surface area (Å²) in [5.41, 5.74) is 0. The highest BCUT2D eigenvalue weighted by Crippen LogP contribution is 2.26. The molecule has 1 aliphatic heterocycles. The van der Waals surface area contributed by atoms with Crippen molar-refractivity contribution in [3.05, 3.63) is 12.2 Å². The Morgan fingerprint density at radius 1 is 0.587 bits per heavy atom. The molecule has 0 aromatic heterocycles. The van der Waals surface area contributed by atoms with E-state index in [1.807, 2.05) is 0 Å². The Morgan fingerprint density at radius 2 is 1.00 bits per heavy atom. The molecule has 0 aromatic carbocycles.